The molecule has 9 heteroatoms. The van der Waals surface area contributed by atoms with Crippen LogP contribution in [0.4, 0.5) is 10.3 Å². The molecule has 1 amide bonds. The first-order chi connectivity index (χ1) is 9.95. The molecule has 0 saturated heterocycles. The van der Waals surface area contributed by atoms with Crippen LogP contribution in [-0.4, -0.2) is 26.6 Å². The Balaban J connectivity index is 1.97. The van der Waals surface area contributed by atoms with Gasteiger partial charge in [-0.3, -0.25) is 9.59 Å². The van der Waals surface area contributed by atoms with Crippen molar-refractivity contribution in [3.8, 4) is 0 Å². The van der Waals surface area contributed by atoms with Gasteiger partial charge in [-0.15, -0.1) is 5.10 Å². The molecule has 0 atom stereocenters. The number of aromatic nitrogens is 3. The van der Waals surface area contributed by atoms with E-state index < -0.39 is 17.7 Å². The van der Waals surface area contributed by atoms with Crippen molar-refractivity contribution in [3.63, 3.8) is 0 Å². The highest BCUT2D eigenvalue weighted by Gasteiger charge is 2.11. The number of carbonyl (C=O) groups excluding carboxylic acids is 2. The maximum atomic E-state index is 13.5. The monoisotopic (exact) mass is 293 g/mol. The molecule has 0 fully saturated rings. The number of ether oxygens (including phenoxy) is 1. The lowest BCUT2D eigenvalue weighted by Gasteiger charge is -2.07. The number of carbonyl (C=O) groups is 2. The Morgan fingerprint density at radius 3 is 2.76 bits per heavy atom. The first-order valence-corrected chi connectivity index (χ1v) is 5.84. The van der Waals surface area contributed by atoms with Gasteiger partial charge in [0.05, 0.1) is 0 Å². The SMILES string of the molecule is NC(=O)c1ccc(F)c(COC(=O)Cn2cnc(N)n2)c1. The number of benzene rings is 1. The van der Waals surface area contributed by atoms with Crippen molar-refractivity contribution in [2.24, 2.45) is 5.73 Å². The summed E-state index contributed by atoms with van der Waals surface area (Å²) in [5, 5.41) is 3.71. The second kappa shape index (κ2) is 5.99. The molecule has 0 bridgehead atoms. The zero-order chi connectivity index (χ0) is 15.4. The number of primary amides is 1. The topological polar surface area (TPSA) is 126 Å². The van der Waals surface area contributed by atoms with Crippen molar-refractivity contribution in [2.75, 3.05) is 5.73 Å². The molecule has 0 spiro atoms. The number of nitrogens with two attached hydrogens (primary N) is 2. The molecular formula is C12H12FN5O3. The molecular weight excluding hydrogens is 281 g/mol. The first-order valence-electron chi connectivity index (χ1n) is 5.84. The van der Waals surface area contributed by atoms with E-state index in [1.165, 1.54) is 23.1 Å². The van der Waals surface area contributed by atoms with E-state index in [1.807, 2.05) is 0 Å². The van der Waals surface area contributed by atoms with E-state index in [4.69, 9.17) is 16.2 Å². The van der Waals surface area contributed by atoms with E-state index in [9.17, 15) is 14.0 Å². The minimum absolute atomic E-state index is 0.0306. The van der Waals surface area contributed by atoms with Gasteiger partial charge in [0.1, 0.15) is 25.3 Å². The number of anilines is 1. The van der Waals surface area contributed by atoms with E-state index in [1.54, 1.807) is 0 Å². The van der Waals surface area contributed by atoms with Gasteiger partial charge < -0.3 is 16.2 Å². The van der Waals surface area contributed by atoms with Crippen LogP contribution in [0.15, 0.2) is 24.5 Å². The van der Waals surface area contributed by atoms with Gasteiger partial charge in [-0.1, -0.05) is 0 Å². The summed E-state index contributed by atoms with van der Waals surface area (Å²) in [4.78, 5) is 26.2. The zero-order valence-electron chi connectivity index (χ0n) is 10.8. The van der Waals surface area contributed by atoms with Gasteiger partial charge >= 0.3 is 5.97 Å². The number of nitrogens with zero attached hydrogens (tertiary/aromatic N) is 3. The van der Waals surface area contributed by atoms with Crippen LogP contribution in [0.1, 0.15) is 15.9 Å². The van der Waals surface area contributed by atoms with Gasteiger partial charge in [-0.2, -0.15) is 0 Å². The predicted molar refractivity (Wildman–Crippen MR) is 69.1 cm³/mol. The molecule has 1 aromatic carbocycles. The van der Waals surface area contributed by atoms with Crippen molar-refractivity contribution in [1.82, 2.24) is 14.8 Å². The molecule has 21 heavy (non-hydrogen) atoms. The molecule has 4 N–H and O–H groups in total. The fourth-order valence-electron chi connectivity index (χ4n) is 1.56. The second-order valence-corrected chi connectivity index (χ2v) is 4.13. The summed E-state index contributed by atoms with van der Waals surface area (Å²) in [6.45, 7) is -0.530. The van der Waals surface area contributed by atoms with E-state index in [0.717, 1.165) is 6.07 Å². The minimum Gasteiger partial charge on any atom is -0.459 e. The average molecular weight is 293 g/mol. The molecule has 2 rings (SSSR count). The summed E-state index contributed by atoms with van der Waals surface area (Å²) in [5.74, 6) is -1.91. The molecule has 2 aromatic rings. The summed E-state index contributed by atoms with van der Waals surface area (Å²) in [5.41, 5.74) is 10.6. The van der Waals surface area contributed by atoms with E-state index in [0.29, 0.717) is 0 Å². The highest BCUT2D eigenvalue weighted by Crippen LogP contribution is 2.12. The summed E-state index contributed by atoms with van der Waals surface area (Å²) in [7, 11) is 0. The van der Waals surface area contributed by atoms with Crippen LogP contribution in [0.5, 0.6) is 0 Å². The molecule has 0 unspecified atom stereocenters. The number of hydrogen-bond donors (Lipinski definition) is 2. The lowest BCUT2D eigenvalue weighted by atomic mass is 10.1. The number of nitrogen functional groups attached to an aromatic ring is 1. The number of rotatable bonds is 5. The lowest BCUT2D eigenvalue weighted by Crippen LogP contribution is -2.15. The first kappa shape index (κ1) is 14.4. The Morgan fingerprint density at radius 2 is 2.14 bits per heavy atom. The van der Waals surface area contributed by atoms with Crippen LogP contribution in [0.25, 0.3) is 0 Å². The fraction of sp³-hybridized carbons (Fsp3) is 0.167. The van der Waals surface area contributed by atoms with E-state index in [-0.39, 0.29) is 30.2 Å². The molecule has 0 saturated carbocycles. The molecule has 110 valence electrons. The Labute approximate surface area is 118 Å². The van der Waals surface area contributed by atoms with Crippen molar-refractivity contribution in [1.29, 1.82) is 0 Å². The van der Waals surface area contributed by atoms with Crippen LogP contribution < -0.4 is 11.5 Å². The maximum Gasteiger partial charge on any atom is 0.328 e. The van der Waals surface area contributed by atoms with Crippen LogP contribution in [0.3, 0.4) is 0 Å². The third kappa shape index (κ3) is 3.75. The number of esters is 1. The average Bonchev–Trinajstić information content (AvgIpc) is 2.82. The van der Waals surface area contributed by atoms with Crippen LogP contribution in [0, 0.1) is 5.82 Å². The third-order valence-electron chi connectivity index (χ3n) is 2.56. The fourth-order valence-corrected chi connectivity index (χ4v) is 1.56. The normalized spacial score (nSPS) is 10.3. The highest BCUT2D eigenvalue weighted by atomic mass is 19.1. The smallest absolute Gasteiger partial charge is 0.328 e. The largest absolute Gasteiger partial charge is 0.459 e. The quantitative estimate of drug-likeness (QED) is 0.738. The van der Waals surface area contributed by atoms with Gasteiger partial charge in [-0.25, -0.2) is 14.1 Å². The Hall–Kier alpha value is -2.97. The van der Waals surface area contributed by atoms with Gasteiger partial charge in [-0.05, 0) is 18.2 Å². The van der Waals surface area contributed by atoms with Crippen LogP contribution in [0.2, 0.25) is 0 Å². The van der Waals surface area contributed by atoms with Crippen LogP contribution >= 0.6 is 0 Å². The maximum absolute atomic E-state index is 13.5. The van der Waals surface area contributed by atoms with Gasteiger partial charge in [0, 0.05) is 11.1 Å². The summed E-state index contributed by atoms with van der Waals surface area (Å²) < 4.78 is 19.6. The van der Waals surface area contributed by atoms with Crippen molar-refractivity contribution < 1.29 is 18.7 Å². The van der Waals surface area contributed by atoms with Gasteiger partial charge in [0.25, 0.3) is 0 Å². The lowest BCUT2D eigenvalue weighted by molar-refractivity contribution is -0.145. The highest BCUT2D eigenvalue weighted by molar-refractivity contribution is 5.92. The molecule has 0 aliphatic rings. The zero-order valence-corrected chi connectivity index (χ0v) is 10.8. The molecule has 1 heterocycles. The number of amides is 1. The van der Waals surface area contributed by atoms with Crippen molar-refractivity contribution >= 4 is 17.8 Å². The second-order valence-electron chi connectivity index (χ2n) is 4.13. The summed E-state index contributed by atoms with van der Waals surface area (Å²) >= 11 is 0. The third-order valence-corrected chi connectivity index (χ3v) is 2.56. The Morgan fingerprint density at radius 1 is 1.38 bits per heavy atom. The van der Waals surface area contributed by atoms with E-state index in [2.05, 4.69) is 10.1 Å². The molecule has 0 aliphatic heterocycles. The van der Waals surface area contributed by atoms with Gasteiger partial charge in [0.2, 0.25) is 11.9 Å². The minimum atomic E-state index is -0.694. The number of halogens is 1. The predicted octanol–water partition coefficient (Wildman–Crippen LogP) is -0.158. The summed E-state index contributed by atoms with van der Waals surface area (Å²) in [6.07, 6.45) is 1.27. The Kier molecular flexibility index (Phi) is 4.12. The van der Waals surface area contributed by atoms with Crippen molar-refractivity contribution in [2.45, 2.75) is 13.2 Å². The standard InChI is InChI=1S/C12H12FN5O3/c13-9-2-1-7(11(14)20)3-8(9)5-21-10(19)4-18-6-16-12(15)17-18/h1-3,6H,4-5H2,(H2,14,20)(H2,15,17). The molecule has 0 aliphatic carbocycles. The molecule has 1 aromatic heterocycles. The number of hydrogen-bond acceptors (Lipinski definition) is 6. The van der Waals surface area contributed by atoms with E-state index >= 15 is 0 Å². The Bertz CT molecular complexity index is 685. The summed E-state index contributed by atoms with van der Waals surface area (Å²) in [6, 6.07) is 3.57. The van der Waals surface area contributed by atoms with Crippen LogP contribution in [-0.2, 0) is 22.7 Å². The molecule has 0 radical (unpaired) electrons. The molecule has 8 nitrogen and oxygen atoms in total. The van der Waals surface area contributed by atoms with Gasteiger partial charge in [0.15, 0.2) is 0 Å². The van der Waals surface area contributed by atoms with Crippen molar-refractivity contribution in [3.05, 3.63) is 41.5 Å².